The first-order valence-electron chi connectivity index (χ1n) is 9.98. The van der Waals surface area contributed by atoms with E-state index in [4.69, 9.17) is 16.3 Å². The second kappa shape index (κ2) is 8.70. The minimum Gasteiger partial charge on any atom is -0.444 e. The largest absolute Gasteiger partial charge is 0.444 e. The molecular formula is C21H30ClN3O3. The maximum Gasteiger partial charge on any atom is 0.410 e. The number of likely N-dealkylation sites (tertiary alicyclic amines) is 1. The summed E-state index contributed by atoms with van der Waals surface area (Å²) in [6.45, 7) is 10.00. The number of amides is 2. The van der Waals surface area contributed by atoms with Gasteiger partial charge in [0.05, 0.1) is 0 Å². The van der Waals surface area contributed by atoms with Crippen LogP contribution in [0, 0.1) is 0 Å². The third-order valence-electron chi connectivity index (χ3n) is 5.17. The number of hydrogen-bond donors (Lipinski definition) is 0. The number of carbonyl (C=O) groups excluding carboxylic acids is 2. The Labute approximate surface area is 172 Å². The molecule has 1 aromatic carbocycles. The van der Waals surface area contributed by atoms with E-state index >= 15 is 0 Å². The van der Waals surface area contributed by atoms with Crippen LogP contribution < -0.4 is 0 Å². The van der Waals surface area contributed by atoms with Gasteiger partial charge in [0.2, 0.25) is 5.91 Å². The van der Waals surface area contributed by atoms with Crippen molar-refractivity contribution >= 4 is 23.6 Å². The van der Waals surface area contributed by atoms with Gasteiger partial charge in [0.25, 0.3) is 0 Å². The topological polar surface area (TPSA) is 53.1 Å². The molecule has 2 heterocycles. The molecule has 0 N–H and O–H groups in total. The Balaban J connectivity index is 1.52. The minimum atomic E-state index is -0.555. The Hall–Kier alpha value is -1.79. The first-order valence-corrected chi connectivity index (χ1v) is 10.4. The van der Waals surface area contributed by atoms with Gasteiger partial charge in [0.15, 0.2) is 0 Å². The number of hydrogen-bond acceptors (Lipinski definition) is 4. The molecule has 0 radical (unpaired) electrons. The third-order valence-corrected chi connectivity index (χ3v) is 5.42. The summed E-state index contributed by atoms with van der Waals surface area (Å²) in [4.78, 5) is 31.3. The van der Waals surface area contributed by atoms with E-state index in [0.29, 0.717) is 26.1 Å². The molecule has 0 saturated carbocycles. The van der Waals surface area contributed by atoms with Crippen molar-refractivity contribution in [2.75, 3.05) is 32.7 Å². The molecule has 1 atom stereocenters. The van der Waals surface area contributed by atoms with Crippen LogP contribution in [-0.2, 0) is 16.1 Å². The number of benzene rings is 1. The zero-order valence-corrected chi connectivity index (χ0v) is 17.7. The van der Waals surface area contributed by atoms with Crippen LogP contribution in [0.5, 0.6) is 0 Å². The molecule has 6 nitrogen and oxygen atoms in total. The van der Waals surface area contributed by atoms with E-state index in [0.717, 1.165) is 31.1 Å². The van der Waals surface area contributed by atoms with Crippen molar-refractivity contribution in [3.63, 3.8) is 0 Å². The lowest BCUT2D eigenvalue weighted by atomic mass is 10.1. The van der Waals surface area contributed by atoms with Gasteiger partial charge < -0.3 is 9.64 Å². The molecule has 154 valence electrons. The summed E-state index contributed by atoms with van der Waals surface area (Å²) >= 11 is 5.95. The normalized spacial score (nSPS) is 21.1. The van der Waals surface area contributed by atoms with E-state index < -0.39 is 11.6 Å². The lowest BCUT2D eigenvalue weighted by Crippen LogP contribution is -2.54. The van der Waals surface area contributed by atoms with E-state index in [1.807, 2.05) is 49.9 Å². The van der Waals surface area contributed by atoms with Gasteiger partial charge in [-0.25, -0.2) is 4.79 Å². The van der Waals surface area contributed by atoms with Crippen LogP contribution in [0.3, 0.4) is 0 Å². The second-order valence-electron chi connectivity index (χ2n) is 8.56. The number of piperazine rings is 1. The summed E-state index contributed by atoms with van der Waals surface area (Å²) in [5, 5.41) is 0.741. The fourth-order valence-electron chi connectivity index (χ4n) is 3.75. The zero-order valence-electron chi connectivity index (χ0n) is 17.0. The Kier molecular flexibility index (Phi) is 6.50. The quantitative estimate of drug-likeness (QED) is 0.770. The van der Waals surface area contributed by atoms with Crippen molar-refractivity contribution in [1.82, 2.24) is 14.7 Å². The second-order valence-corrected chi connectivity index (χ2v) is 9.00. The highest BCUT2D eigenvalue weighted by Gasteiger charge is 2.39. The first kappa shape index (κ1) is 20.9. The highest BCUT2D eigenvalue weighted by atomic mass is 35.5. The van der Waals surface area contributed by atoms with Crippen LogP contribution in [0.25, 0.3) is 0 Å². The maximum atomic E-state index is 13.0. The van der Waals surface area contributed by atoms with E-state index in [1.54, 1.807) is 4.90 Å². The summed E-state index contributed by atoms with van der Waals surface area (Å²) in [6, 6.07) is 7.50. The van der Waals surface area contributed by atoms with Gasteiger partial charge in [-0.3, -0.25) is 14.6 Å². The first-order chi connectivity index (χ1) is 13.2. The highest BCUT2D eigenvalue weighted by molar-refractivity contribution is 6.30. The average Bonchev–Trinajstić information content (AvgIpc) is 3.12. The average molecular weight is 408 g/mol. The maximum absolute atomic E-state index is 13.0. The van der Waals surface area contributed by atoms with Crippen molar-refractivity contribution < 1.29 is 14.3 Å². The predicted molar refractivity (Wildman–Crippen MR) is 109 cm³/mol. The standard InChI is InChI=1S/C21H30ClN3O3/c1-21(2,3)28-20(27)25-10-4-5-18(25)19(26)24-13-11-23(12-14-24)15-16-6-8-17(22)9-7-16/h6-9,18H,4-5,10-15H2,1-3H3. The molecule has 2 saturated heterocycles. The van der Waals surface area contributed by atoms with Crippen LogP contribution in [0.1, 0.15) is 39.2 Å². The zero-order chi connectivity index (χ0) is 20.3. The fourth-order valence-corrected chi connectivity index (χ4v) is 3.87. The number of halogens is 1. The van der Waals surface area contributed by atoms with Crippen molar-refractivity contribution in [2.45, 2.75) is 51.8 Å². The summed E-state index contributed by atoms with van der Waals surface area (Å²) in [5.41, 5.74) is 0.664. The van der Waals surface area contributed by atoms with Crippen LogP contribution >= 0.6 is 11.6 Å². The van der Waals surface area contributed by atoms with Gasteiger partial charge >= 0.3 is 6.09 Å². The number of rotatable bonds is 3. The van der Waals surface area contributed by atoms with E-state index in [1.165, 1.54) is 5.56 Å². The highest BCUT2D eigenvalue weighted by Crippen LogP contribution is 2.23. The fraction of sp³-hybridized carbons (Fsp3) is 0.619. The Morgan fingerprint density at radius 2 is 1.71 bits per heavy atom. The SMILES string of the molecule is CC(C)(C)OC(=O)N1CCCC1C(=O)N1CCN(Cc2ccc(Cl)cc2)CC1. The molecule has 0 aliphatic carbocycles. The molecule has 28 heavy (non-hydrogen) atoms. The summed E-state index contributed by atoms with van der Waals surface area (Å²) in [7, 11) is 0. The lowest BCUT2D eigenvalue weighted by molar-refractivity contribution is -0.137. The molecule has 1 unspecified atom stereocenters. The van der Waals surface area contributed by atoms with Crippen molar-refractivity contribution in [3.05, 3.63) is 34.9 Å². The van der Waals surface area contributed by atoms with Gasteiger partial charge in [-0.1, -0.05) is 23.7 Å². The number of carbonyl (C=O) groups is 2. The molecule has 2 aliphatic rings. The molecule has 0 spiro atoms. The molecule has 7 heteroatoms. The summed E-state index contributed by atoms with van der Waals surface area (Å²) in [5.74, 6) is 0.0505. The van der Waals surface area contributed by atoms with Crippen molar-refractivity contribution in [2.24, 2.45) is 0 Å². The van der Waals surface area contributed by atoms with E-state index in [9.17, 15) is 9.59 Å². The third kappa shape index (κ3) is 5.39. The summed E-state index contributed by atoms with van der Waals surface area (Å²) < 4.78 is 5.48. The molecule has 3 rings (SSSR count). The molecule has 2 fully saturated rings. The van der Waals surface area contributed by atoms with E-state index in [2.05, 4.69) is 4.90 Å². The van der Waals surface area contributed by atoms with Gasteiger partial charge in [-0.2, -0.15) is 0 Å². The number of ether oxygens (including phenoxy) is 1. The Morgan fingerprint density at radius 3 is 2.32 bits per heavy atom. The van der Waals surface area contributed by atoms with Crippen LogP contribution in [0.15, 0.2) is 24.3 Å². The smallest absolute Gasteiger partial charge is 0.410 e. The van der Waals surface area contributed by atoms with Crippen LogP contribution in [0.4, 0.5) is 4.79 Å². The predicted octanol–water partition coefficient (Wildman–Crippen LogP) is 3.38. The van der Waals surface area contributed by atoms with Crippen molar-refractivity contribution in [3.8, 4) is 0 Å². The monoisotopic (exact) mass is 407 g/mol. The van der Waals surface area contributed by atoms with Crippen molar-refractivity contribution in [1.29, 1.82) is 0 Å². The number of nitrogens with zero attached hydrogens (tertiary/aromatic N) is 3. The van der Waals surface area contributed by atoms with Gasteiger partial charge in [0, 0.05) is 44.3 Å². The molecule has 2 aliphatic heterocycles. The molecule has 2 amide bonds. The van der Waals surface area contributed by atoms with Gasteiger partial charge in [-0.05, 0) is 51.3 Å². The van der Waals surface area contributed by atoms with E-state index in [-0.39, 0.29) is 12.0 Å². The Morgan fingerprint density at radius 1 is 1.07 bits per heavy atom. The summed E-state index contributed by atoms with van der Waals surface area (Å²) in [6.07, 6.45) is 1.17. The van der Waals surface area contributed by atoms with Crippen LogP contribution in [0.2, 0.25) is 5.02 Å². The van der Waals surface area contributed by atoms with Crippen LogP contribution in [-0.4, -0.2) is 71.1 Å². The molecule has 0 bridgehead atoms. The van der Waals surface area contributed by atoms with Gasteiger partial charge in [0.1, 0.15) is 11.6 Å². The molecule has 0 aromatic heterocycles. The lowest BCUT2D eigenvalue weighted by Gasteiger charge is -2.37. The molecule has 1 aromatic rings. The minimum absolute atomic E-state index is 0.0505. The van der Waals surface area contributed by atoms with Gasteiger partial charge in [-0.15, -0.1) is 0 Å². The molecular weight excluding hydrogens is 378 g/mol. The Bertz CT molecular complexity index is 694.